The molecule has 2 aromatic rings. The molecule has 0 amide bonds. The lowest BCUT2D eigenvalue weighted by atomic mass is 10.2. The number of esters is 1. The quantitative estimate of drug-likeness (QED) is 0.301. The molecule has 0 aliphatic rings. The second-order valence-corrected chi connectivity index (χ2v) is 5.99. The van der Waals surface area contributed by atoms with Crippen molar-refractivity contribution in [3.63, 3.8) is 0 Å². The summed E-state index contributed by atoms with van der Waals surface area (Å²) in [6.45, 7) is 0. The second-order valence-electron chi connectivity index (χ2n) is 4.22. The molecule has 0 aromatic heterocycles. The van der Waals surface area contributed by atoms with Gasteiger partial charge in [0, 0.05) is 16.6 Å². The smallest absolute Gasteiger partial charge is 0.344 e. The van der Waals surface area contributed by atoms with Crippen LogP contribution in [-0.2, 0) is 0 Å². The molecule has 0 spiro atoms. The summed E-state index contributed by atoms with van der Waals surface area (Å²) in [7, 11) is 0. The van der Waals surface area contributed by atoms with Gasteiger partial charge in [-0.25, -0.2) is 4.79 Å². The average molecular weight is 446 g/mol. The molecule has 0 bridgehead atoms. The number of nitrogens with zero attached hydrogens (tertiary/aromatic N) is 2. The van der Waals surface area contributed by atoms with Gasteiger partial charge in [0.05, 0.1) is 25.9 Å². The molecule has 0 saturated carbocycles. The molecule has 0 N–H and O–H groups in total. The van der Waals surface area contributed by atoms with E-state index < -0.39 is 27.2 Å². The molecule has 0 saturated heterocycles. The molecule has 10 heteroatoms. The van der Waals surface area contributed by atoms with Crippen LogP contribution in [-0.4, -0.2) is 15.8 Å². The van der Waals surface area contributed by atoms with Crippen LogP contribution in [0.15, 0.2) is 45.3 Å². The van der Waals surface area contributed by atoms with E-state index in [0.717, 1.165) is 22.7 Å². The third kappa shape index (κ3) is 4.11. The molecule has 23 heavy (non-hydrogen) atoms. The number of rotatable bonds is 4. The molecule has 0 radical (unpaired) electrons. The topological polar surface area (TPSA) is 113 Å². The Hall–Kier alpha value is -2.33. The van der Waals surface area contributed by atoms with Gasteiger partial charge in [0.1, 0.15) is 5.75 Å². The Balaban J connectivity index is 2.38. The number of hydrogen-bond acceptors (Lipinski definition) is 6. The van der Waals surface area contributed by atoms with Crippen molar-refractivity contribution in [1.82, 2.24) is 0 Å². The van der Waals surface area contributed by atoms with Crippen LogP contribution >= 0.6 is 31.9 Å². The monoisotopic (exact) mass is 444 g/mol. The van der Waals surface area contributed by atoms with Crippen LogP contribution in [0.25, 0.3) is 0 Å². The number of benzene rings is 2. The third-order valence-corrected chi connectivity index (χ3v) is 3.77. The van der Waals surface area contributed by atoms with Gasteiger partial charge in [-0.05, 0) is 34.1 Å². The van der Waals surface area contributed by atoms with Gasteiger partial charge in [0.25, 0.3) is 11.4 Å². The SMILES string of the molecule is O=C(Oc1ccc(Br)cc1Br)c1cc([N+](=O)[O-])cc([N+](=O)[O-])c1. The van der Waals surface area contributed by atoms with E-state index in [4.69, 9.17) is 4.74 Å². The summed E-state index contributed by atoms with van der Waals surface area (Å²) in [5.74, 6) is -0.771. The van der Waals surface area contributed by atoms with Crippen molar-refractivity contribution in [3.05, 3.63) is 71.1 Å². The molecule has 0 aliphatic carbocycles. The fraction of sp³-hybridized carbons (Fsp3) is 0. The third-order valence-electron chi connectivity index (χ3n) is 2.66. The molecule has 0 aliphatic heterocycles. The zero-order chi connectivity index (χ0) is 17.1. The summed E-state index contributed by atoms with van der Waals surface area (Å²) < 4.78 is 6.32. The minimum absolute atomic E-state index is 0.173. The number of nitro benzene ring substituents is 2. The summed E-state index contributed by atoms with van der Waals surface area (Å²) >= 11 is 6.44. The molecule has 8 nitrogen and oxygen atoms in total. The normalized spacial score (nSPS) is 10.2. The average Bonchev–Trinajstić information content (AvgIpc) is 2.49. The Morgan fingerprint density at radius 3 is 2.00 bits per heavy atom. The zero-order valence-electron chi connectivity index (χ0n) is 11.1. The van der Waals surface area contributed by atoms with Crippen molar-refractivity contribution in [2.24, 2.45) is 0 Å². The lowest BCUT2D eigenvalue weighted by Gasteiger charge is -2.07. The van der Waals surface area contributed by atoms with Crippen LogP contribution in [0, 0.1) is 20.2 Å². The maximum Gasteiger partial charge on any atom is 0.344 e. The van der Waals surface area contributed by atoms with Crippen LogP contribution in [0.5, 0.6) is 5.75 Å². The first-order chi connectivity index (χ1) is 10.8. The first kappa shape index (κ1) is 17.0. The van der Waals surface area contributed by atoms with E-state index in [1.165, 1.54) is 6.07 Å². The van der Waals surface area contributed by atoms with Crippen LogP contribution in [0.4, 0.5) is 11.4 Å². The molecular formula is C13H6Br2N2O6. The zero-order valence-corrected chi connectivity index (χ0v) is 14.2. The van der Waals surface area contributed by atoms with Crippen LogP contribution < -0.4 is 4.74 Å². The minimum Gasteiger partial charge on any atom is -0.422 e. The largest absolute Gasteiger partial charge is 0.422 e. The molecule has 0 heterocycles. The van der Waals surface area contributed by atoms with E-state index in [2.05, 4.69) is 31.9 Å². The van der Waals surface area contributed by atoms with Gasteiger partial charge in [-0.1, -0.05) is 15.9 Å². The summed E-state index contributed by atoms with van der Waals surface area (Å²) in [5.41, 5.74) is -1.43. The van der Waals surface area contributed by atoms with Crippen LogP contribution in [0.2, 0.25) is 0 Å². The number of hydrogen-bond donors (Lipinski definition) is 0. The highest BCUT2D eigenvalue weighted by molar-refractivity contribution is 9.11. The molecule has 0 unspecified atom stereocenters. The van der Waals surface area contributed by atoms with Gasteiger partial charge in [0.2, 0.25) is 0 Å². The standard InChI is InChI=1S/C13H6Br2N2O6/c14-8-1-2-12(11(15)5-8)23-13(18)7-3-9(16(19)20)6-10(4-7)17(21)22/h1-6H. The first-order valence-electron chi connectivity index (χ1n) is 5.89. The Morgan fingerprint density at radius 2 is 1.52 bits per heavy atom. The summed E-state index contributed by atoms with van der Waals surface area (Å²) in [4.78, 5) is 32.1. The minimum atomic E-state index is -0.945. The van der Waals surface area contributed by atoms with Crippen molar-refractivity contribution in [2.45, 2.75) is 0 Å². The second kappa shape index (κ2) is 6.84. The maximum absolute atomic E-state index is 12.1. The number of nitro groups is 2. The summed E-state index contributed by atoms with van der Waals surface area (Å²) in [6, 6.07) is 7.37. The van der Waals surface area contributed by atoms with Crippen molar-refractivity contribution in [1.29, 1.82) is 0 Å². The number of halogens is 2. The number of carbonyl (C=O) groups is 1. The van der Waals surface area contributed by atoms with E-state index >= 15 is 0 Å². The van der Waals surface area contributed by atoms with Crippen LogP contribution in [0.1, 0.15) is 10.4 Å². The molecule has 0 atom stereocenters. The Kier molecular flexibility index (Phi) is 5.06. The Morgan fingerprint density at radius 1 is 0.957 bits per heavy atom. The number of carbonyl (C=O) groups excluding carboxylic acids is 1. The molecular weight excluding hydrogens is 440 g/mol. The Labute approximate surface area is 145 Å². The van der Waals surface area contributed by atoms with Gasteiger partial charge in [-0.2, -0.15) is 0 Å². The van der Waals surface area contributed by atoms with Gasteiger partial charge in [-0.3, -0.25) is 20.2 Å². The fourth-order valence-electron chi connectivity index (χ4n) is 1.64. The van der Waals surface area contributed by atoms with Crippen molar-refractivity contribution in [3.8, 4) is 5.75 Å². The van der Waals surface area contributed by atoms with Crippen molar-refractivity contribution in [2.75, 3.05) is 0 Å². The summed E-state index contributed by atoms with van der Waals surface area (Å²) in [6.07, 6.45) is 0. The molecule has 2 rings (SSSR count). The molecule has 118 valence electrons. The number of non-ortho nitro benzene ring substituents is 2. The van der Waals surface area contributed by atoms with Crippen molar-refractivity contribution < 1.29 is 19.4 Å². The molecule has 2 aromatic carbocycles. The van der Waals surface area contributed by atoms with Gasteiger partial charge in [-0.15, -0.1) is 0 Å². The van der Waals surface area contributed by atoms with Gasteiger partial charge < -0.3 is 4.74 Å². The molecule has 0 fully saturated rings. The maximum atomic E-state index is 12.1. The predicted molar refractivity (Wildman–Crippen MR) is 86.6 cm³/mol. The lowest BCUT2D eigenvalue weighted by Crippen LogP contribution is -2.10. The Bertz CT molecular complexity index is 792. The van der Waals surface area contributed by atoms with Crippen molar-refractivity contribution >= 4 is 49.2 Å². The van der Waals surface area contributed by atoms with Gasteiger partial charge >= 0.3 is 5.97 Å². The highest BCUT2D eigenvalue weighted by atomic mass is 79.9. The highest BCUT2D eigenvalue weighted by Gasteiger charge is 2.21. The van der Waals surface area contributed by atoms with E-state index in [-0.39, 0.29) is 11.3 Å². The number of ether oxygens (including phenoxy) is 1. The van der Waals surface area contributed by atoms with Gasteiger partial charge in [0.15, 0.2) is 0 Å². The van der Waals surface area contributed by atoms with E-state index in [1.54, 1.807) is 12.1 Å². The lowest BCUT2D eigenvalue weighted by molar-refractivity contribution is -0.394. The summed E-state index contributed by atoms with van der Waals surface area (Å²) in [5, 5.41) is 21.6. The fourth-order valence-corrected chi connectivity index (χ4v) is 2.77. The highest BCUT2D eigenvalue weighted by Crippen LogP contribution is 2.30. The predicted octanol–water partition coefficient (Wildman–Crippen LogP) is 4.25. The van der Waals surface area contributed by atoms with E-state index in [9.17, 15) is 25.0 Å². The van der Waals surface area contributed by atoms with Crippen LogP contribution in [0.3, 0.4) is 0 Å². The van der Waals surface area contributed by atoms with E-state index in [0.29, 0.717) is 4.47 Å². The first-order valence-corrected chi connectivity index (χ1v) is 7.47. The van der Waals surface area contributed by atoms with E-state index in [1.807, 2.05) is 0 Å².